The minimum Gasteiger partial charge on any atom is -0.375 e. The second-order valence-corrected chi connectivity index (χ2v) is 11.7. The van der Waals surface area contributed by atoms with Crippen molar-refractivity contribution in [3.63, 3.8) is 0 Å². The third-order valence-corrected chi connectivity index (χ3v) is 8.53. The highest BCUT2D eigenvalue weighted by Crippen LogP contribution is 2.28. The second-order valence-electron chi connectivity index (χ2n) is 11.7. The summed E-state index contributed by atoms with van der Waals surface area (Å²) in [5, 5.41) is 6.76. The molecule has 2 aliphatic heterocycles. The molecule has 0 radical (unpaired) electrons. The Bertz CT molecular complexity index is 1190. The summed E-state index contributed by atoms with van der Waals surface area (Å²) in [5.41, 5.74) is 7.48. The second kappa shape index (κ2) is 14.6. The number of likely N-dealkylation sites (tertiary alicyclic amines) is 1. The maximum Gasteiger partial charge on any atom is 0.131 e. The minimum atomic E-state index is -0.199. The molecule has 0 N–H and O–H groups in total. The largest absolute Gasteiger partial charge is 0.375 e. The lowest BCUT2D eigenvalue weighted by Crippen LogP contribution is -2.41. The molecule has 1 atom stereocenters. The SMILES string of the molecule is C=C1C(C)=CC(c2cc(F)c(/C=C(\C)N3CCC(N(C)C)CC3)c(CC=CCCC)c2)=NN1/C=C(/C)C(C)CC. The lowest BCUT2D eigenvalue weighted by Gasteiger charge is -2.37. The lowest BCUT2D eigenvalue weighted by molar-refractivity contribution is 0.171. The molecule has 2 aliphatic rings. The van der Waals surface area contributed by atoms with Gasteiger partial charge in [0.1, 0.15) is 5.82 Å². The summed E-state index contributed by atoms with van der Waals surface area (Å²) in [7, 11) is 4.31. The zero-order valence-electron chi connectivity index (χ0n) is 26.2. The normalized spacial score (nSPS) is 18.6. The Balaban J connectivity index is 1.99. The van der Waals surface area contributed by atoms with Crippen molar-refractivity contribution in [1.82, 2.24) is 14.8 Å². The molecule has 1 aromatic rings. The van der Waals surface area contributed by atoms with Crippen molar-refractivity contribution < 1.29 is 4.39 Å². The highest BCUT2D eigenvalue weighted by atomic mass is 19.1. The molecule has 218 valence electrons. The molecule has 1 saturated heterocycles. The summed E-state index contributed by atoms with van der Waals surface area (Å²) in [4.78, 5) is 4.72. The first-order chi connectivity index (χ1) is 19.0. The number of unbranched alkanes of at least 4 members (excludes halogenated alkanes) is 1. The lowest BCUT2D eigenvalue weighted by atomic mass is 9.95. The Labute approximate surface area is 243 Å². The van der Waals surface area contributed by atoms with Gasteiger partial charge in [-0.3, -0.25) is 0 Å². The average Bonchev–Trinajstić information content (AvgIpc) is 2.94. The number of nitrogens with zero attached hydrogens (tertiary/aromatic N) is 4. The summed E-state index contributed by atoms with van der Waals surface area (Å²) in [6.45, 7) is 19.1. The molecule has 1 unspecified atom stereocenters. The van der Waals surface area contributed by atoms with E-state index in [0.717, 1.165) is 79.0 Å². The number of benzene rings is 1. The minimum absolute atomic E-state index is 0.199. The molecule has 0 saturated carbocycles. The van der Waals surface area contributed by atoms with Gasteiger partial charge >= 0.3 is 0 Å². The van der Waals surface area contributed by atoms with Crippen LogP contribution in [0.25, 0.3) is 6.08 Å². The van der Waals surface area contributed by atoms with Gasteiger partial charge in [-0.2, -0.15) is 5.10 Å². The van der Waals surface area contributed by atoms with E-state index in [1.54, 1.807) is 6.07 Å². The Kier molecular flexibility index (Phi) is 11.6. The van der Waals surface area contributed by atoms with Crippen LogP contribution in [0.1, 0.15) is 90.3 Å². The highest BCUT2D eigenvalue weighted by molar-refractivity contribution is 6.10. The zero-order chi connectivity index (χ0) is 29.4. The number of hydrogen-bond donors (Lipinski definition) is 0. The molecule has 0 amide bonds. The van der Waals surface area contributed by atoms with Crippen molar-refractivity contribution in [2.45, 2.75) is 86.1 Å². The molecule has 0 aliphatic carbocycles. The number of rotatable bonds is 11. The smallest absolute Gasteiger partial charge is 0.131 e. The average molecular weight is 547 g/mol. The van der Waals surface area contributed by atoms with Crippen molar-refractivity contribution in [3.05, 3.63) is 88.2 Å². The van der Waals surface area contributed by atoms with Gasteiger partial charge in [-0.15, -0.1) is 0 Å². The van der Waals surface area contributed by atoms with E-state index in [4.69, 9.17) is 5.10 Å². The van der Waals surface area contributed by atoms with E-state index in [1.807, 2.05) is 24.1 Å². The van der Waals surface area contributed by atoms with E-state index < -0.39 is 0 Å². The summed E-state index contributed by atoms with van der Waals surface area (Å²) in [6, 6.07) is 4.39. The monoisotopic (exact) mass is 546 g/mol. The van der Waals surface area contributed by atoms with Crippen LogP contribution in [0, 0.1) is 11.7 Å². The van der Waals surface area contributed by atoms with Crippen molar-refractivity contribution >= 4 is 11.8 Å². The van der Waals surface area contributed by atoms with E-state index in [0.29, 0.717) is 23.9 Å². The van der Waals surface area contributed by atoms with Crippen LogP contribution in [0.4, 0.5) is 4.39 Å². The maximum atomic E-state index is 16.0. The van der Waals surface area contributed by atoms with Crippen molar-refractivity contribution in [3.8, 4) is 0 Å². The van der Waals surface area contributed by atoms with Crippen LogP contribution in [0.5, 0.6) is 0 Å². The molecular weight excluding hydrogens is 495 g/mol. The molecule has 40 heavy (non-hydrogen) atoms. The van der Waals surface area contributed by atoms with Gasteiger partial charge in [-0.25, -0.2) is 9.40 Å². The van der Waals surface area contributed by atoms with Gasteiger partial charge < -0.3 is 9.80 Å². The number of allylic oxidation sites excluding steroid dienone is 6. The number of hydrazone groups is 1. The third-order valence-electron chi connectivity index (χ3n) is 8.53. The van der Waals surface area contributed by atoms with E-state index in [9.17, 15) is 0 Å². The fourth-order valence-electron chi connectivity index (χ4n) is 5.25. The molecule has 3 rings (SSSR count). The number of piperidine rings is 1. The third kappa shape index (κ3) is 8.06. The Hall–Kier alpha value is -2.92. The molecule has 0 spiro atoms. The number of hydrogen-bond acceptors (Lipinski definition) is 4. The molecule has 2 heterocycles. The van der Waals surface area contributed by atoms with Crippen molar-refractivity contribution in [2.24, 2.45) is 11.0 Å². The molecule has 1 fully saturated rings. The zero-order valence-corrected chi connectivity index (χ0v) is 26.2. The van der Waals surface area contributed by atoms with Gasteiger partial charge in [-0.05, 0) is 108 Å². The van der Waals surface area contributed by atoms with Crippen LogP contribution >= 0.6 is 0 Å². The van der Waals surface area contributed by atoms with E-state index in [1.165, 1.54) is 5.57 Å². The first-order valence-electron chi connectivity index (χ1n) is 15.1. The Morgan fingerprint density at radius 2 is 1.88 bits per heavy atom. The molecular formula is C35H51FN4. The predicted molar refractivity (Wildman–Crippen MR) is 171 cm³/mol. The maximum absolute atomic E-state index is 16.0. The van der Waals surface area contributed by atoms with Gasteiger partial charge in [-0.1, -0.05) is 51.5 Å². The Morgan fingerprint density at radius 1 is 1.18 bits per heavy atom. The summed E-state index contributed by atoms with van der Waals surface area (Å²) < 4.78 is 16.0. The van der Waals surface area contributed by atoms with Crippen molar-refractivity contribution in [2.75, 3.05) is 27.2 Å². The van der Waals surface area contributed by atoms with Gasteiger partial charge in [0.25, 0.3) is 0 Å². The van der Waals surface area contributed by atoms with Crippen LogP contribution in [0.15, 0.2) is 70.8 Å². The number of halogens is 1. The van der Waals surface area contributed by atoms with E-state index in [-0.39, 0.29) is 5.82 Å². The van der Waals surface area contributed by atoms with Gasteiger partial charge in [0.2, 0.25) is 0 Å². The van der Waals surface area contributed by atoms with E-state index >= 15 is 4.39 Å². The summed E-state index contributed by atoms with van der Waals surface area (Å²) in [6.07, 6.45) is 16.7. The van der Waals surface area contributed by atoms with Crippen LogP contribution in [-0.4, -0.2) is 53.7 Å². The van der Waals surface area contributed by atoms with Crippen LogP contribution in [-0.2, 0) is 6.42 Å². The summed E-state index contributed by atoms with van der Waals surface area (Å²) in [5.74, 6) is 0.259. The first kappa shape index (κ1) is 31.6. The van der Waals surface area contributed by atoms with Crippen LogP contribution in [0.3, 0.4) is 0 Å². The first-order valence-corrected chi connectivity index (χ1v) is 15.1. The van der Waals surface area contributed by atoms with Gasteiger partial charge in [0.05, 0.1) is 11.4 Å². The fourth-order valence-corrected chi connectivity index (χ4v) is 5.25. The Morgan fingerprint density at radius 3 is 2.50 bits per heavy atom. The quantitative estimate of drug-likeness (QED) is 0.260. The molecule has 0 aromatic heterocycles. The highest BCUT2D eigenvalue weighted by Gasteiger charge is 2.22. The standard InChI is InChI=1S/C35H51FN4/c1-10-12-13-14-15-30-22-31(35-20-26(4)29(7)40(37-35)24-27(5)25(3)11-2)23-34(36)33(30)21-28(6)39-18-16-32(17-19-39)38(8)9/h13-14,20-25,32H,7,10-12,15-19H2,1-6,8-9H3/b14-13?,27-24-,28-21+. The summed E-state index contributed by atoms with van der Waals surface area (Å²) >= 11 is 0. The van der Waals surface area contributed by atoms with Gasteiger partial charge in [0.15, 0.2) is 0 Å². The van der Waals surface area contributed by atoms with Crippen LogP contribution in [0.2, 0.25) is 0 Å². The molecule has 4 nitrogen and oxygen atoms in total. The molecule has 0 bridgehead atoms. The fraction of sp³-hybridized carbons (Fsp3) is 0.514. The molecule has 1 aromatic carbocycles. The topological polar surface area (TPSA) is 22.1 Å². The predicted octanol–water partition coefficient (Wildman–Crippen LogP) is 8.54. The van der Waals surface area contributed by atoms with Gasteiger partial charge in [0, 0.05) is 42.2 Å². The van der Waals surface area contributed by atoms with E-state index in [2.05, 4.69) is 89.5 Å². The molecule has 5 heteroatoms. The van der Waals surface area contributed by atoms with Crippen LogP contribution < -0.4 is 0 Å². The van der Waals surface area contributed by atoms with Crippen molar-refractivity contribution in [1.29, 1.82) is 0 Å².